The third kappa shape index (κ3) is 4.95. The lowest BCUT2D eigenvalue weighted by Crippen LogP contribution is -2.23. The second kappa shape index (κ2) is 8.05. The van der Waals surface area contributed by atoms with Crippen molar-refractivity contribution in [3.8, 4) is 11.5 Å². The zero-order chi connectivity index (χ0) is 19.3. The molecule has 0 aromatic heterocycles. The van der Waals surface area contributed by atoms with Gasteiger partial charge in [0.1, 0.15) is 11.5 Å². The van der Waals surface area contributed by atoms with E-state index in [0.717, 1.165) is 5.56 Å². The lowest BCUT2D eigenvalue weighted by molar-refractivity contribution is -0.113. The van der Waals surface area contributed by atoms with Gasteiger partial charge in [-0.15, -0.1) is 0 Å². The molecule has 138 valence electrons. The number of carbonyl (C=O) groups excluding carboxylic acids is 1. The minimum Gasteiger partial charge on any atom is -0.455 e. The summed E-state index contributed by atoms with van der Waals surface area (Å²) in [6, 6.07) is 22.4. The van der Waals surface area contributed by atoms with Crippen LogP contribution >= 0.6 is 0 Å². The zero-order valence-corrected chi connectivity index (χ0v) is 15.6. The standard InChI is InChI=1S/C21H19NO4S/c1-16-11-13-18(14-12-16)27(24,25)15-21(23)22-19-9-5-6-10-20(19)26-17-7-3-2-4-8-17/h2-14H,15H2,1H3,(H,22,23). The first kappa shape index (κ1) is 18.7. The van der Waals surface area contributed by atoms with Crippen molar-refractivity contribution in [1.29, 1.82) is 0 Å². The third-order valence-corrected chi connectivity index (χ3v) is 5.47. The number of para-hydroxylation sites is 3. The fourth-order valence-corrected chi connectivity index (χ4v) is 3.60. The number of nitrogens with one attached hydrogen (secondary N) is 1. The fraction of sp³-hybridized carbons (Fsp3) is 0.0952. The van der Waals surface area contributed by atoms with Crippen molar-refractivity contribution in [3.63, 3.8) is 0 Å². The molecule has 0 aliphatic carbocycles. The molecular formula is C21H19NO4S. The molecule has 0 saturated carbocycles. The van der Waals surface area contributed by atoms with Crippen molar-refractivity contribution in [2.24, 2.45) is 0 Å². The van der Waals surface area contributed by atoms with Gasteiger partial charge in [0.05, 0.1) is 10.6 Å². The summed E-state index contributed by atoms with van der Waals surface area (Å²) in [6.45, 7) is 1.87. The molecule has 6 heteroatoms. The van der Waals surface area contributed by atoms with Gasteiger partial charge in [-0.05, 0) is 43.3 Å². The van der Waals surface area contributed by atoms with E-state index < -0.39 is 21.5 Å². The van der Waals surface area contributed by atoms with Crippen LogP contribution in [-0.2, 0) is 14.6 Å². The Balaban J connectivity index is 1.74. The van der Waals surface area contributed by atoms with E-state index in [1.54, 1.807) is 48.5 Å². The Hall–Kier alpha value is -3.12. The number of hydrogen-bond acceptors (Lipinski definition) is 4. The molecule has 0 bridgehead atoms. The van der Waals surface area contributed by atoms with Gasteiger partial charge in [-0.3, -0.25) is 4.79 Å². The predicted octanol–water partition coefficient (Wildman–Crippen LogP) is 4.20. The molecule has 1 amide bonds. The molecule has 0 heterocycles. The Morgan fingerprint density at radius 1 is 0.889 bits per heavy atom. The molecule has 0 spiro atoms. The van der Waals surface area contributed by atoms with E-state index in [9.17, 15) is 13.2 Å². The molecule has 0 fully saturated rings. The molecule has 1 N–H and O–H groups in total. The highest BCUT2D eigenvalue weighted by molar-refractivity contribution is 7.92. The van der Waals surface area contributed by atoms with Crippen LogP contribution in [0.15, 0.2) is 83.8 Å². The first-order chi connectivity index (χ1) is 12.9. The first-order valence-corrected chi connectivity index (χ1v) is 10.0. The number of aryl methyl sites for hydroxylation is 1. The van der Waals surface area contributed by atoms with E-state index in [0.29, 0.717) is 17.2 Å². The van der Waals surface area contributed by atoms with Crippen LogP contribution in [0.25, 0.3) is 0 Å². The highest BCUT2D eigenvalue weighted by Crippen LogP contribution is 2.29. The maximum absolute atomic E-state index is 12.4. The van der Waals surface area contributed by atoms with Gasteiger partial charge in [0.25, 0.3) is 0 Å². The number of amides is 1. The minimum absolute atomic E-state index is 0.122. The van der Waals surface area contributed by atoms with E-state index in [2.05, 4.69) is 5.32 Å². The van der Waals surface area contributed by atoms with Gasteiger partial charge in [-0.2, -0.15) is 0 Å². The van der Waals surface area contributed by atoms with E-state index in [1.165, 1.54) is 12.1 Å². The normalized spacial score (nSPS) is 11.0. The van der Waals surface area contributed by atoms with Crippen molar-refractivity contribution in [1.82, 2.24) is 0 Å². The second-order valence-electron chi connectivity index (χ2n) is 6.03. The van der Waals surface area contributed by atoms with E-state index in [4.69, 9.17) is 4.74 Å². The quantitative estimate of drug-likeness (QED) is 0.695. The van der Waals surface area contributed by atoms with Gasteiger partial charge in [0.15, 0.2) is 15.6 Å². The van der Waals surface area contributed by atoms with Crippen molar-refractivity contribution in [2.45, 2.75) is 11.8 Å². The Bertz CT molecular complexity index is 1030. The Morgan fingerprint density at radius 2 is 1.52 bits per heavy atom. The Labute approximate surface area is 158 Å². The largest absolute Gasteiger partial charge is 0.455 e. The van der Waals surface area contributed by atoms with Crippen LogP contribution in [-0.4, -0.2) is 20.1 Å². The fourth-order valence-electron chi connectivity index (χ4n) is 2.46. The average molecular weight is 381 g/mol. The van der Waals surface area contributed by atoms with E-state index in [1.807, 2.05) is 25.1 Å². The monoisotopic (exact) mass is 381 g/mol. The number of rotatable bonds is 6. The van der Waals surface area contributed by atoms with Crippen LogP contribution in [0.4, 0.5) is 5.69 Å². The number of ether oxygens (including phenoxy) is 1. The molecule has 0 aliphatic heterocycles. The number of benzene rings is 3. The van der Waals surface area contributed by atoms with Gasteiger partial charge < -0.3 is 10.1 Å². The lowest BCUT2D eigenvalue weighted by Gasteiger charge is -2.12. The Morgan fingerprint density at radius 3 is 2.22 bits per heavy atom. The molecule has 27 heavy (non-hydrogen) atoms. The summed E-state index contributed by atoms with van der Waals surface area (Å²) in [6.07, 6.45) is 0. The second-order valence-corrected chi connectivity index (χ2v) is 8.02. The van der Waals surface area contributed by atoms with Crippen molar-refractivity contribution in [3.05, 3.63) is 84.4 Å². The SMILES string of the molecule is Cc1ccc(S(=O)(=O)CC(=O)Nc2ccccc2Oc2ccccc2)cc1. The van der Waals surface area contributed by atoms with E-state index in [-0.39, 0.29) is 4.90 Å². The minimum atomic E-state index is -3.72. The van der Waals surface area contributed by atoms with E-state index >= 15 is 0 Å². The summed E-state index contributed by atoms with van der Waals surface area (Å²) in [5.74, 6) is -0.216. The van der Waals surface area contributed by atoms with Crippen LogP contribution in [0, 0.1) is 6.92 Å². The number of carbonyl (C=O) groups is 1. The predicted molar refractivity (Wildman–Crippen MR) is 105 cm³/mol. The van der Waals surface area contributed by atoms with Crippen LogP contribution in [0.3, 0.4) is 0 Å². The van der Waals surface area contributed by atoms with Gasteiger partial charge in [-0.25, -0.2) is 8.42 Å². The molecule has 0 saturated heterocycles. The summed E-state index contributed by atoms with van der Waals surface area (Å²) in [7, 11) is -3.72. The summed E-state index contributed by atoms with van der Waals surface area (Å²) < 4.78 is 30.6. The van der Waals surface area contributed by atoms with Crippen LogP contribution in [0.2, 0.25) is 0 Å². The van der Waals surface area contributed by atoms with Crippen LogP contribution in [0.5, 0.6) is 11.5 Å². The molecule has 3 aromatic rings. The average Bonchev–Trinajstić information content (AvgIpc) is 2.64. The molecule has 0 atom stereocenters. The summed E-state index contributed by atoms with van der Waals surface area (Å²) in [5, 5.41) is 2.62. The van der Waals surface area contributed by atoms with Crippen molar-refractivity contribution in [2.75, 3.05) is 11.1 Å². The molecule has 5 nitrogen and oxygen atoms in total. The lowest BCUT2D eigenvalue weighted by atomic mass is 10.2. The molecule has 3 rings (SSSR count). The molecule has 3 aromatic carbocycles. The number of anilines is 1. The maximum atomic E-state index is 12.4. The third-order valence-electron chi connectivity index (χ3n) is 3.83. The summed E-state index contributed by atoms with van der Waals surface area (Å²) in [5.41, 5.74) is 1.36. The summed E-state index contributed by atoms with van der Waals surface area (Å²) >= 11 is 0. The van der Waals surface area contributed by atoms with Crippen LogP contribution in [0.1, 0.15) is 5.56 Å². The van der Waals surface area contributed by atoms with Crippen LogP contribution < -0.4 is 10.1 Å². The topological polar surface area (TPSA) is 72.5 Å². The van der Waals surface area contributed by atoms with Crippen molar-refractivity contribution >= 4 is 21.4 Å². The smallest absolute Gasteiger partial charge is 0.240 e. The van der Waals surface area contributed by atoms with Gasteiger partial charge in [-0.1, -0.05) is 48.0 Å². The van der Waals surface area contributed by atoms with Gasteiger partial charge >= 0.3 is 0 Å². The molecule has 0 aliphatic rings. The molecule has 0 radical (unpaired) electrons. The van der Waals surface area contributed by atoms with Gasteiger partial charge in [0, 0.05) is 0 Å². The number of sulfone groups is 1. The highest BCUT2D eigenvalue weighted by Gasteiger charge is 2.20. The van der Waals surface area contributed by atoms with Gasteiger partial charge in [0.2, 0.25) is 5.91 Å². The Kier molecular flexibility index (Phi) is 5.57. The highest BCUT2D eigenvalue weighted by atomic mass is 32.2. The molecule has 0 unspecified atom stereocenters. The van der Waals surface area contributed by atoms with Crippen molar-refractivity contribution < 1.29 is 17.9 Å². The first-order valence-electron chi connectivity index (χ1n) is 8.35. The maximum Gasteiger partial charge on any atom is 0.240 e. The number of hydrogen-bond donors (Lipinski definition) is 1. The summed E-state index contributed by atoms with van der Waals surface area (Å²) in [4.78, 5) is 12.4. The molecular weight excluding hydrogens is 362 g/mol. The zero-order valence-electron chi connectivity index (χ0n) is 14.8.